The number of imidazole rings is 1. The highest BCUT2D eigenvalue weighted by atomic mass is 19.1. The summed E-state index contributed by atoms with van der Waals surface area (Å²) >= 11 is 0. The highest BCUT2D eigenvalue weighted by Gasteiger charge is 2.29. The van der Waals surface area contributed by atoms with Gasteiger partial charge in [-0.05, 0) is 55.7 Å². The van der Waals surface area contributed by atoms with Crippen LogP contribution in [0.3, 0.4) is 0 Å². The molecule has 35 heavy (non-hydrogen) atoms. The lowest BCUT2D eigenvalue weighted by Crippen LogP contribution is -2.40. The number of benzene rings is 1. The van der Waals surface area contributed by atoms with Gasteiger partial charge in [0.15, 0.2) is 5.65 Å². The molecule has 1 atom stereocenters. The fourth-order valence-electron chi connectivity index (χ4n) is 4.24. The third kappa shape index (κ3) is 5.08. The van der Waals surface area contributed by atoms with Gasteiger partial charge in [0.05, 0.1) is 11.9 Å². The Hall–Kier alpha value is -4.01. The van der Waals surface area contributed by atoms with E-state index in [0.29, 0.717) is 12.5 Å². The Kier molecular flexibility index (Phi) is 6.31. The lowest BCUT2D eigenvalue weighted by atomic mass is 10.2. The van der Waals surface area contributed by atoms with Gasteiger partial charge in [-0.1, -0.05) is 18.2 Å². The monoisotopic (exact) mass is 474 g/mol. The van der Waals surface area contributed by atoms with E-state index in [9.17, 15) is 14.0 Å². The third-order valence-electron chi connectivity index (χ3n) is 6.32. The fraction of sp³-hybridized carbons (Fsp3) is 0.308. The standard InChI is InChI=1S/C20H22N6O2.C6H5F/c1-24-9-2-3-15(20(24)28)19(27)22-14-8-10-25(12-14)18-7-6-17-21-11-16(13-4-5-13)26(17)23-18;7-6-4-2-1-3-5-6/h2-3,6-7,9,11,13-14H,4-5,8,10,12H2,1H3,(H,22,27);1-5H/t14-;/m0./s1. The second-order valence-corrected chi connectivity index (χ2v) is 8.96. The van der Waals surface area contributed by atoms with Gasteiger partial charge in [0, 0.05) is 38.3 Å². The van der Waals surface area contributed by atoms with Crippen LogP contribution in [0.25, 0.3) is 5.65 Å². The van der Waals surface area contributed by atoms with Crippen molar-refractivity contribution in [3.8, 4) is 0 Å². The van der Waals surface area contributed by atoms with E-state index in [1.165, 1.54) is 35.2 Å². The van der Waals surface area contributed by atoms with Crippen LogP contribution in [0.15, 0.2) is 71.8 Å². The Morgan fingerprint density at radius 1 is 1.06 bits per heavy atom. The summed E-state index contributed by atoms with van der Waals surface area (Å²) in [5, 5.41) is 7.78. The number of nitrogens with zero attached hydrogens (tertiary/aromatic N) is 5. The Labute approximate surface area is 202 Å². The van der Waals surface area contributed by atoms with E-state index in [2.05, 4.69) is 15.2 Å². The van der Waals surface area contributed by atoms with Crippen molar-refractivity contribution in [1.82, 2.24) is 24.5 Å². The number of carbonyl (C=O) groups is 1. The van der Waals surface area contributed by atoms with Gasteiger partial charge < -0.3 is 14.8 Å². The average molecular weight is 475 g/mol. The number of hydrogen-bond acceptors (Lipinski definition) is 5. The lowest BCUT2D eigenvalue weighted by Gasteiger charge is -2.18. The molecule has 1 aliphatic heterocycles. The number of aromatic nitrogens is 4. The summed E-state index contributed by atoms with van der Waals surface area (Å²) in [5.74, 6) is 0.973. The average Bonchev–Trinajstić information content (AvgIpc) is 3.44. The van der Waals surface area contributed by atoms with Crippen molar-refractivity contribution in [3.63, 3.8) is 0 Å². The summed E-state index contributed by atoms with van der Waals surface area (Å²) in [7, 11) is 1.64. The molecule has 3 aromatic heterocycles. The Bertz CT molecular complexity index is 1400. The zero-order valence-electron chi connectivity index (χ0n) is 19.5. The number of hydrogen-bond donors (Lipinski definition) is 1. The van der Waals surface area contributed by atoms with Gasteiger partial charge in [0.25, 0.3) is 11.5 Å². The molecule has 9 heteroatoms. The second kappa shape index (κ2) is 9.69. The predicted molar refractivity (Wildman–Crippen MR) is 131 cm³/mol. The molecule has 1 aromatic carbocycles. The molecular weight excluding hydrogens is 447 g/mol. The van der Waals surface area contributed by atoms with Crippen LogP contribution in [-0.4, -0.2) is 44.2 Å². The molecule has 2 fully saturated rings. The molecule has 1 saturated heterocycles. The normalized spacial score (nSPS) is 17.2. The van der Waals surface area contributed by atoms with Crippen molar-refractivity contribution >= 4 is 17.4 Å². The number of carbonyl (C=O) groups excluding carboxylic acids is 1. The summed E-state index contributed by atoms with van der Waals surface area (Å²) in [6, 6.07) is 15.2. The molecular formula is C26H27FN6O2. The van der Waals surface area contributed by atoms with Crippen LogP contribution in [0.2, 0.25) is 0 Å². The minimum atomic E-state index is -0.318. The number of anilines is 1. The Morgan fingerprint density at radius 3 is 2.57 bits per heavy atom. The minimum Gasteiger partial charge on any atom is -0.353 e. The Morgan fingerprint density at radius 2 is 1.86 bits per heavy atom. The van der Waals surface area contributed by atoms with Crippen molar-refractivity contribution in [2.24, 2.45) is 7.05 Å². The molecule has 180 valence electrons. The fourth-order valence-corrected chi connectivity index (χ4v) is 4.24. The first-order chi connectivity index (χ1) is 17.0. The smallest absolute Gasteiger partial charge is 0.263 e. The summed E-state index contributed by atoms with van der Waals surface area (Å²) in [5.41, 5.74) is 1.95. The molecule has 0 bridgehead atoms. The van der Waals surface area contributed by atoms with Gasteiger partial charge >= 0.3 is 0 Å². The first kappa shape index (κ1) is 22.8. The predicted octanol–water partition coefficient (Wildman–Crippen LogP) is 3.14. The molecule has 0 spiro atoms. The molecule has 0 unspecified atom stereocenters. The molecule has 1 N–H and O–H groups in total. The summed E-state index contributed by atoms with van der Waals surface area (Å²) in [6.07, 6.45) is 6.80. The quantitative estimate of drug-likeness (QED) is 0.491. The second-order valence-electron chi connectivity index (χ2n) is 8.96. The highest BCUT2D eigenvalue weighted by molar-refractivity contribution is 5.94. The van der Waals surface area contributed by atoms with E-state index in [-0.39, 0.29) is 28.9 Å². The van der Waals surface area contributed by atoms with Crippen LogP contribution in [0.5, 0.6) is 0 Å². The number of pyridine rings is 1. The van der Waals surface area contributed by atoms with Crippen molar-refractivity contribution in [2.75, 3.05) is 18.0 Å². The highest BCUT2D eigenvalue weighted by Crippen LogP contribution is 2.40. The van der Waals surface area contributed by atoms with Crippen LogP contribution in [-0.2, 0) is 7.05 Å². The van der Waals surface area contributed by atoms with Crippen molar-refractivity contribution in [1.29, 1.82) is 0 Å². The lowest BCUT2D eigenvalue weighted by molar-refractivity contribution is 0.0938. The van der Waals surface area contributed by atoms with Crippen molar-refractivity contribution < 1.29 is 9.18 Å². The molecule has 1 aliphatic carbocycles. The van der Waals surface area contributed by atoms with Gasteiger partial charge in [-0.3, -0.25) is 9.59 Å². The van der Waals surface area contributed by atoms with Gasteiger partial charge in [-0.15, -0.1) is 5.10 Å². The number of rotatable bonds is 4. The zero-order chi connectivity index (χ0) is 24.4. The number of halogens is 1. The summed E-state index contributed by atoms with van der Waals surface area (Å²) < 4.78 is 15.3. The molecule has 2 aliphatic rings. The van der Waals surface area contributed by atoms with Crippen LogP contribution in [0.4, 0.5) is 10.2 Å². The molecule has 1 saturated carbocycles. The minimum absolute atomic E-state index is 0.0133. The van der Waals surface area contributed by atoms with Crippen LogP contribution >= 0.6 is 0 Å². The van der Waals surface area contributed by atoms with Crippen molar-refractivity contribution in [2.45, 2.75) is 31.2 Å². The van der Waals surface area contributed by atoms with Gasteiger partial charge in [0.1, 0.15) is 17.2 Å². The van der Waals surface area contributed by atoms with Crippen LogP contribution in [0, 0.1) is 5.82 Å². The van der Waals surface area contributed by atoms with E-state index < -0.39 is 0 Å². The van der Waals surface area contributed by atoms with Crippen molar-refractivity contribution in [3.05, 3.63) is 94.4 Å². The first-order valence-corrected chi connectivity index (χ1v) is 11.8. The third-order valence-corrected chi connectivity index (χ3v) is 6.32. The maximum Gasteiger partial charge on any atom is 0.263 e. The Balaban J connectivity index is 0.000000313. The van der Waals surface area contributed by atoms with E-state index in [0.717, 1.165) is 24.4 Å². The number of aryl methyl sites for hydroxylation is 1. The van der Waals surface area contributed by atoms with Gasteiger partial charge in [-0.25, -0.2) is 13.9 Å². The summed E-state index contributed by atoms with van der Waals surface area (Å²) in [6.45, 7) is 1.48. The van der Waals surface area contributed by atoms with E-state index >= 15 is 0 Å². The number of fused-ring (bicyclic) bond motifs is 1. The van der Waals surface area contributed by atoms with Crippen LogP contribution < -0.4 is 15.8 Å². The number of amides is 1. The van der Waals surface area contributed by atoms with E-state index in [1.54, 1.807) is 43.6 Å². The molecule has 6 rings (SSSR count). The SMILES string of the molecule is Cn1cccc(C(=O)N[C@H]2CCN(c3ccc4ncc(C5CC5)n4n3)C2)c1=O.Fc1ccccc1. The van der Waals surface area contributed by atoms with Gasteiger partial charge in [-0.2, -0.15) is 0 Å². The first-order valence-electron chi connectivity index (χ1n) is 11.8. The molecule has 4 heterocycles. The maximum absolute atomic E-state index is 12.5. The molecule has 8 nitrogen and oxygen atoms in total. The molecule has 4 aromatic rings. The van der Waals surface area contributed by atoms with Gasteiger partial charge in [0.2, 0.25) is 0 Å². The van der Waals surface area contributed by atoms with E-state index in [1.807, 2.05) is 22.8 Å². The molecule has 0 radical (unpaired) electrons. The van der Waals surface area contributed by atoms with E-state index in [4.69, 9.17) is 5.10 Å². The molecule has 1 amide bonds. The topological polar surface area (TPSA) is 84.5 Å². The van der Waals surface area contributed by atoms with Crippen LogP contribution in [0.1, 0.15) is 41.2 Å². The number of nitrogens with one attached hydrogen (secondary N) is 1. The zero-order valence-corrected chi connectivity index (χ0v) is 19.5. The maximum atomic E-state index is 12.5. The summed E-state index contributed by atoms with van der Waals surface area (Å²) in [4.78, 5) is 31.3. The largest absolute Gasteiger partial charge is 0.353 e.